The fourth-order valence-corrected chi connectivity index (χ4v) is 3.86. The second-order valence-electron chi connectivity index (χ2n) is 12.2. The predicted octanol–water partition coefficient (Wildman–Crippen LogP) is 4.45. The van der Waals surface area contributed by atoms with E-state index in [2.05, 4.69) is 31.7 Å². The van der Waals surface area contributed by atoms with Crippen LogP contribution in [0.5, 0.6) is 0 Å². The molecule has 0 aliphatic rings. The van der Waals surface area contributed by atoms with Crippen molar-refractivity contribution in [2.24, 2.45) is 4.99 Å². The first-order chi connectivity index (χ1) is 18.4. The highest BCUT2D eigenvalue weighted by molar-refractivity contribution is 6.01. The lowest BCUT2D eigenvalue weighted by atomic mass is 10.1. The molecule has 4 N–H and O–H groups in total. The Labute approximate surface area is 234 Å². The smallest absolute Gasteiger partial charge is 0.414 e. The van der Waals surface area contributed by atoms with E-state index >= 15 is 0 Å². The molecular weight excluding hydrogens is 512 g/mol. The van der Waals surface area contributed by atoms with Gasteiger partial charge in [-0.2, -0.15) is 5.10 Å². The third-order valence-electron chi connectivity index (χ3n) is 5.46. The third-order valence-corrected chi connectivity index (χ3v) is 5.46. The van der Waals surface area contributed by atoms with Crippen LogP contribution in [-0.2, 0) is 21.4 Å². The van der Waals surface area contributed by atoms with E-state index in [0.29, 0.717) is 23.3 Å². The number of aliphatic imine (C=N–C) groups is 1. The summed E-state index contributed by atoms with van der Waals surface area (Å²) in [5.74, 6) is 0.208. The molecule has 0 spiro atoms. The summed E-state index contributed by atoms with van der Waals surface area (Å²) >= 11 is 0. The summed E-state index contributed by atoms with van der Waals surface area (Å²) in [6, 6.07) is 8.16. The van der Waals surface area contributed by atoms with Gasteiger partial charge < -0.3 is 15.2 Å². The summed E-state index contributed by atoms with van der Waals surface area (Å²) in [4.78, 5) is 38.1. The number of nitrogens with two attached hydrogens (primary N) is 1. The Morgan fingerprint density at radius 3 is 2.12 bits per heavy atom. The summed E-state index contributed by atoms with van der Waals surface area (Å²) in [6.07, 6.45) is 0.384. The lowest BCUT2D eigenvalue weighted by Gasteiger charge is -2.25. The van der Waals surface area contributed by atoms with Crippen molar-refractivity contribution in [2.75, 3.05) is 12.3 Å². The molecular formula is C28H40N8O4. The molecule has 2 amide bonds. The monoisotopic (exact) mass is 552 g/mol. The fraction of sp³-hybridized carbons (Fsp3) is 0.500. The summed E-state index contributed by atoms with van der Waals surface area (Å²) < 4.78 is 12.4. The summed E-state index contributed by atoms with van der Waals surface area (Å²) in [5, 5.41) is 10.6. The average molecular weight is 553 g/mol. The van der Waals surface area contributed by atoms with Crippen LogP contribution in [0.2, 0.25) is 0 Å². The highest BCUT2D eigenvalue weighted by atomic mass is 16.6. The van der Waals surface area contributed by atoms with Gasteiger partial charge in [0.05, 0.1) is 23.2 Å². The number of nitrogens with zero attached hydrogens (tertiary/aromatic N) is 5. The Morgan fingerprint density at radius 1 is 0.975 bits per heavy atom. The van der Waals surface area contributed by atoms with Crippen molar-refractivity contribution in [3.05, 3.63) is 47.4 Å². The van der Waals surface area contributed by atoms with Crippen LogP contribution in [0.1, 0.15) is 72.2 Å². The fourth-order valence-electron chi connectivity index (χ4n) is 3.86. The minimum Gasteiger partial charge on any atom is -0.444 e. The Hall–Kier alpha value is -4.22. The van der Waals surface area contributed by atoms with Gasteiger partial charge in [-0.1, -0.05) is 29.8 Å². The molecule has 0 saturated carbocycles. The van der Waals surface area contributed by atoms with E-state index in [-0.39, 0.29) is 12.5 Å². The van der Waals surface area contributed by atoms with E-state index in [4.69, 9.17) is 20.3 Å². The van der Waals surface area contributed by atoms with Gasteiger partial charge in [0, 0.05) is 6.42 Å². The predicted molar refractivity (Wildman–Crippen MR) is 154 cm³/mol. The van der Waals surface area contributed by atoms with Crippen molar-refractivity contribution in [3.8, 4) is 0 Å². The van der Waals surface area contributed by atoms with Gasteiger partial charge in [0.25, 0.3) is 0 Å². The molecule has 0 unspecified atom stereocenters. The quantitative estimate of drug-likeness (QED) is 0.309. The summed E-state index contributed by atoms with van der Waals surface area (Å²) in [6.45, 7) is 16.4. The Kier molecular flexibility index (Phi) is 8.71. The Morgan fingerprint density at radius 2 is 1.57 bits per heavy atom. The first-order valence-electron chi connectivity index (χ1n) is 13.0. The van der Waals surface area contributed by atoms with Gasteiger partial charge in [-0.05, 0) is 67.9 Å². The molecule has 1 aromatic carbocycles. The van der Waals surface area contributed by atoms with Gasteiger partial charge in [-0.3, -0.25) is 10.6 Å². The number of rotatable bonds is 5. The maximum absolute atomic E-state index is 12.5. The van der Waals surface area contributed by atoms with Crippen LogP contribution in [0.25, 0.3) is 11.0 Å². The number of nitrogen functional groups attached to an aromatic ring is 1. The third kappa shape index (κ3) is 8.39. The number of hydrogen-bond acceptors (Lipinski definition) is 9. The molecule has 2 heterocycles. The number of hydrogen-bond donors (Lipinski definition) is 3. The normalized spacial score (nSPS) is 12.1. The Bertz CT molecular complexity index is 1380. The Balaban J connectivity index is 1.95. The molecule has 216 valence electrons. The van der Waals surface area contributed by atoms with Crippen LogP contribution in [0.15, 0.2) is 35.6 Å². The van der Waals surface area contributed by atoms with E-state index in [1.54, 1.807) is 46.2 Å². The number of amides is 2. The highest BCUT2D eigenvalue weighted by Crippen LogP contribution is 2.28. The highest BCUT2D eigenvalue weighted by Gasteiger charge is 2.28. The number of aromatic nitrogens is 4. The van der Waals surface area contributed by atoms with Crippen molar-refractivity contribution in [1.29, 1.82) is 0 Å². The maximum Gasteiger partial charge on any atom is 0.414 e. The van der Waals surface area contributed by atoms with Gasteiger partial charge in [-0.25, -0.2) is 29.2 Å². The van der Waals surface area contributed by atoms with Gasteiger partial charge in [-0.15, -0.1) is 0 Å². The SMILES string of the molecule is Cc1cccc(Cc2nn(C(C)(C)CN=C(NC(=O)OC(C)(C)C)NC(=O)OC(C)(C)C)c3ncnc(N)c23)c1. The largest absolute Gasteiger partial charge is 0.444 e. The van der Waals surface area contributed by atoms with Crippen LogP contribution in [0.4, 0.5) is 15.4 Å². The van der Waals surface area contributed by atoms with Crippen LogP contribution in [0.3, 0.4) is 0 Å². The molecule has 0 radical (unpaired) electrons. The van der Waals surface area contributed by atoms with Crippen LogP contribution >= 0.6 is 0 Å². The summed E-state index contributed by atoms with van der Waals surface area (Å²) in [5.41, 5.74) is 7.52. The number of carbonyl (C=O) groups excluding carboxylic acids is 2. The minimum absolute atomic E-state index is 0.0957. The zero-order valence-corrected chi connectivity index (χ0v) is 24.7. The van der Waals surface area contributed by atoms with E-state index in [0.717, 1.165) is 16.8 Å². The topological polar surface area (TPSA) is 159 Å². The number of fused-ring (bicyclic) bond motifs is 1. The molecule has 12 heteroatoms. The van der Waals surface area contributed by atoms with Gasteiger partial charge in [0.2, 0.25) is 5.96 Å². The number of aryl methyl sites for hydroxylation is 1. The van der Waals surface area contributed by atoms with Crippen LogP contribution in [0, 0.1) is 6.92 Å². The minimum atomic E-state index is -0.773. The average Bonchev–Trinajstić information content (AvgIpc) is 3.15. The summed E-state index contributed by atoms with van der Waals surface area (Å²) in [7, 11) is 0. The number of guanidine groups is 1. The van der Waals surface area contributed by atoms with Gasteiger partial charge >= 0.3 is 12.2 Å². The number of alkyl carbamates (subject to hydrolysis) is 2. The second-order valence-corrected chi connectivity index (χ2v) is 12.2. The molecule has 0 saturated heterocycles. The number of nitrogens with one attached hydrogen (secondary N) is 2. The second kappa shape index (κ2) is 11.5. The molecule has 0 fully saturated rings. The molecule has 12 nitrogen and oxygen atoms in total. The molecule has 40 heavy (non-hydrogen) atoms. The lowest BCUT2D eigenvalue weighted by molar-refractivity contribution is 0.0544. The van der Waals surface area contributed by atoms with Crippen LogP contribution < -0.4 is 16.4 Å². The first kappa shape index (κ1) is 30.3. The van der Waals surface area contributed by atoms with E-state index in [1.807, 2.05) is 39.0 Å². The maximum atomic E-state index is 12.5. The molecule has 0 aliphatic heterocycles. The number of carbonyl (C=O) groups is 2. The van der Waals surface area contributed by atoms with Crippen molar-refractivity contribution in [3.63, 3.8) is 0 Å². The molecule has 3 rings (SSSR count). The molecule has 0 bridgehead atoms. The number of benzene rings is 1. The van der Waals surface area contributed by atoms with Crippen molar-refractivity contribution in [2.45, 2.75) is 85.5 Å². The molecule has 2 aromatic heterocycles. The van der Waals surface area contributed by atoms with E-state index < -0.39 is 28.9 Å². The first-order valence-corrected chi connectivity index (χ1v) is 13.0. The van der Waals surface area contributed by atoms with Crippen molar-refractivity contribution < 1.29 is 19.1 Å². The van der Waals surface area contributed by atoms with E-state index in [9.17, 15) is 9.59 Å². The molecule has 0 aliphatic carbocycles. The van der Waals surface area contributed by atoms with Gasteiger partial charge in [0.15, 0.2) is 5.65 Å². The lowest BCUT2D eigenvalue weighted by Crippen LogP contribution is -2.48. The zero-order valence-electron chi connectivity index (χ0n) is 24.7. The van der Waals surface area contributed by atoms with E-state index in [1.165, 1.54) is 6.33 Å². The van der Waals surface area contributed by atoms with Crippen LogP contribution in [-0.4, -0.2) is 55.6 Å². The van der Waals surface area contributed by atoms with Crippen molar-refractivity contribution in [1.82, 2.24) is 30.4 Å². The zero-order chi connectivity index (χ0) is 29.9. The standard InChI is InChI=1S/C28H40N8O4/c1-17-11-10-12-18(13-17)14-19-20-21(29)31-16-32-22(20)36(35-19)28(8,9)15-30-23(33-24(37)39-26(2,3)4)34-25(38)40-27(5,6)7/h10-13,16H,14-15H2,1-9H3,(H2,29,31,32)(H2,30,33,34,37,38). The number of ether oxygens (including phenoxy) is 2. The molecule has 3 aromatic rings. The van der Waals surface area contributed by atoms with Crippen molar-refractivity contribution >= 4 is 35.0 Å². The van der Waals surface area contributed by atoms with Gasteiger partial charge in [0.1, 0.15) is 23.3 Å². The number of anilines is 1. The molecule has 0 atom stereocenters.